The van der Waals surface area contributed by atoms with Crippen LogP contribution in [0, 0.1) is 0 Å². The third-order valence-electron chi connectivity index (χ3n) is 2.46. The zero-order valence-corrected chi connectivity index (χ0v) is 11.6. The molecule has 2 heterocycles. The number of carbonyl (C=O) groups excluding carboxylic acids is 1. The van der Waals surface area contributed by atoms with Crippen molar-refractivity contribution in [1.82, 2.24) is 20.4 Å². The van der Waals surface area contributed by atoms with E-state index in [-0.39, 0.29) is 5.91 Å². The molecule has 0 aromatic carbocycles. The van der Waals surface area contributed by atoms with E-state index < -0.39 is 0 Å². The second kappa shape index (κ2) is 6.39. The minimum Gasteiger partial charge on any atom is -0.343 e. The summed E-state index contributed by atoms with van der Waals surface area (Å²) >= 11 is 1.46. The molecule has 0 atom stereocenters. The number of hydrogen-bond donors (Lipinski definition) is 1. The first-order chi connectivity index (χ1) is 9.20. The average molecular weight is 281 g/mol. The van der Waals surface area contributed by atoms with Crippen molar-refractivity contribution in [2.75, 3.05) is 11.4 Å². The molecule has 2 rings (SSSR count). The molecule has 0 aliphatic heterocycles. The van der Waals surface area contributed by atoms with Crippen molar-refractivity contribution in [3.8, 4) is 0 Å². The summed E-state index contributed by atoms with van der Waals surface area (Å²) in [5, 5.41) is 9.52. The highest BCUT2D eigenvalue weighted by Crippen LogP contribution is 2.20. The molecule has 0 saturated carbocycles. The van der Waals surface area contributed by atoms with Crippen LogP contribution in [0.3, 0.4) is 0 Å². The maximum atomic E-state index is 11.4. The second-order valence-electron chi connectivity index (χ2n) is 3.84. The summed E-state index contributed by atoms with van der Waals surface area (Å²) in [5.74, 6) is 0.609. The molecule has 0 bridgehead atoms. The quantitative estimate of drug-likeness (QED) is 0.856. The summed E-state index contributed by atoms with van der Waals surface area (Å²) in [5.41, 5.74) is 0.892. The Bertz CT molecular complexity index is 525. The number of aromatic nitrogens is 3. The minimum absolute atomic E-state index is 0.00292. The Hall–Kier alpha value is -1.80. The van der Waals surface area contributed by atoms with Crippen molar-refractivity contribution in [3.63, 3.8) is 0 Å². The number of anilines is 1. The normalized spacial score (nSPS) is 10.6. The molecular weight excluding hydrogens is 266 g/mol. The highest BCUT2D eigenvalue weighted by Gasteiger charge is 2.13. The molecule has 1 amide bonds. The number of nitrogens with one attached hydrogen (secondary N) is 1. The highest BCUT2D eigenvalue weighted by molar-refractivity contribution is 7.14. The van der Waals surface area contributed by atoms with Gasteiger partial charge in [-0.2, -0.15) is 4.98 Å². The standard InChI is InChI=1S/C11H15N5O2S/c1-3-16(8(2)17)11-14-9(6-19-11)4-12-5-10-13-7-18-15-10/h6-7,12H,3-5H2,1-2H3. The van der Waals surface area contributed by atoms with Crippen LogP contribution in [-0.4, -0.2) is 27.6 Å². The van der Waals surface area contributed by atoms with Crippen LogP contribution in [0.2, 0.25) is 0 Å². The highest BCUT2D eigenvalue weighted by atomic mass is 32.1. The van der Waals surface area contributed by atoms with Crippen LogP contribution < -0.4 is 10.2 Å². The average Bonchev–Trinajstić information content (AvgIpc) is 3.02. The Labute approximate surface area is 114 Å². The first kappa shape index (κ1) is 13.6. The topological polar surface area (TPSA) is 84.2 Å². The van der Waals surface area contributed by atoms with Crippen LogP contribution in [0.5, 0.6) is 0 Å². The molecule has 2 aromatic rings. The predicted octanol–water partition coefficient (Wildman–Crippen LogP) is 1.19. The lowest BCUT2D eigenvalue weighted by Crippen LogP contribution is -2.27. The van der Waals surface area contributed by atoms with Crippen LogP contribution in [0.4, 0.5) is 5.13 Å². The number of rotatable bonds is 6. The van der Waals surface area contributed by atoms with Crippen LogP contribution >= 0.6 is 11.3 Å². The number of hydrogen-bond acceptors (Lipinski definition) is 7. The van der Waals surface area contributed by atoms with E-state index in [1.54, 1.807) is 11.8 Å². The van der Waals surface area contributed by atoms with Gasteiger partial charge in [-0.15, -0.1) is 11.3 Å². The lowest BCUT2D eigenvalue weighted by molar-refractivity contribution is -0.116. The van der Waals surface area contributed by atoms with Gasteiger partial charge in [-0.25, -0.2) is 4.98 Å². The van der Waals surface area contributed by atoms with Gasteiger partial charge in [0.2, 0.25) is 12.3 Å². The molecule has 102 valence electrons. The van der Waals surface area contributed by atoms with Crippen molar-refractivity contribution in [3.05, 3.63) is 23.3 Å². The van der Waals surface area contributed by atoms with Gasteiger partial charge in [0.25, 0.3) is 0 Å². The Morgan fingerprint density at radius 1 is 1.53 bits per heavy atom. The van der Waals surface area contributed by atoms with Gasteiger partial charge in [0, 0.05) is 25.4 Å². The van der Waals surface area contributed by atoms with E-state index in [1.165, 1.54) is 17.7 Å². The summed E-state index contributed by atoms with van der Waals surface area (Å²) in [6.07, 6.45) is 1.30. The van der Waals surface area contributed by atoms with Gasteiger partial charge in [0.05, 0.1) is 12.2 Å². The van der Waals surface area contributed by atoms with E-state index in [2.05, 4.69) is 25.0 Å². The molecule has 0 saturated heterocycles. The first-order valence-corrected chi connectivity index (χ1v) is 6.77. The van der Waals surface area contributed by atoms with Crippen molar-refractivity contribution < 1.29 is 9.32 Å². The Kier molecular flexibility index (Phi) is 4.58. The largest absolute Gasteiger partial charge is 0.343 e. The Morgan fingerprint density at radius 3 is 3.00 bits per heavy atom. The maximum Gasteiger partial charge on any atom is 0.225 e. The Balaban J connectivity index is 1.88. The minimum atomic E-state index is 0.00292. The molecule has 0 unspecified atom stereocenters. The summed E-state index contributed by atoms with van der Waals surface area (Å²) < 4.78 is 4.63. The molecular formula is C11H15N5O2S. The smallest absolute Gasteiger partial charge is 0.225 e. The van der Waals surface area contributed by atoms with E-state index in [0.717, 1.165) is 10.8 Å². The van der Waals surface area contributed by atoms with E-state index in [0.29, 0.717) is 25.5 Å². The van der Waals surface area contributed by atoms with Crippen molar-refractivity contribution in [2.45, 2.75) is 26.9 Å². The number of carbonyl (C=O) groups is 1. The molecule has 1 N–H and O–H groups in total. The molecule has 0 fully saturated rings. The molecule has 0 aliphatic rings. The fraction of sp³-hybridized carbons (Fsp3) is 0.455. The van der Waals surface area contributed by atoms with Gasteiger partial charge in [0.1, 0.15) is 0 Å². The number of thiazole rings is 1. The van der Waals surface area contributed by atoms with Crippen LogP contribution in [0.25, 0.3) is 0 Å². The third kappa shape index (κ3) is 3.58. The molecule has 0 radical (unpaired) electrons. The van der Waals surface area contributed by atoms with Gasteiger partial charge in [-0.1, -0.05) is 5.16 Å². The Morgan fingerprint density at radius 2 is 2.37 bits per heavy atom. The SMILES string of the molecule is CCN(C(C)=O)c1nc(CNCc2ncon2)cs1. The second-order valence-corrected chi connectivity index (χ2v) is 4.67. The zero-order chi connectivity index (χ0) is 13.7. The lowest BCUT2D eigenvalue weighted by Gasteiger charge is -2.14. The van der Waals surface area contributed by atoms with E-state index in [9.17, 15) is 4.79 Å². The van der Waals surface area contributed by atoms with Crippen molar-refractivity contribution in [2.24, 2.45) is 0 Å². The molecule has 2 aromatic heterocycles. The zero-order valence-electron chi connectivity index (χ0n) is 10.8. The molecule has 19 heavy (non-hydrogen) atoms. The van der Waals surface area contributed by atoms with Crippen molar-refractivity contribution >= 4 is 22.4 Å². The van der Waals surface area contributed by atoms with Gasteiger partial charge in [0.15, 0.2) is 11.0 Å². The summed E-state index contributed by atoms with van der Waals surface area (Å²) in [6, 6.07) is 0. The van der Waals surface area contributed by atoms with Gasteiger partial charge in [-0.3, -0.25) is 9.69 Å². The summed E-state index contributed by atoms with van der Waals surface area (Å²) in [4.78, 5) is 21.4. The fourth-order valence-electron chi connectivity index (χ4n) is 1.57. The lowest BCUT2D eigenvalue weighted by atomic mass is 10.4. The molecule has 8 heteroatoms. The van der Waals surface area contributed by atoms with E-state index >= 15 is 0 Å². The van der Waals surface area contributed by atoms with Crippen molar-refractivity contribution in [1.29, 1.82) is 0 Å². The van der Waals surface area contributed by atoms with E-state index in [1.807, 2.05) is 12.3 Å². The van der Waals surface area contributed by atoms with Crippen LogP contribution in [-0.2, 0) is 17.9 Å². The maximum absolute atomic E-state index is 11.4. The third-order valence-corrected chi connectivity index (χ3v) is 3.38. The first-order valence-electron chi connectivity index (χ1n) is 5.89. The number of amides is 1. The van der Waals surface area contributed by atoms with Gasteiger partial charge < -0.3 is 9.84 Å². The summed E-state index contributed by atoms with van der Waals surface area (Å²) in [6.45, 7) is 5.21. The molecule has 0 aliphatic carbocycles. The van der Waals surface area contributed by atoms with Crippen LogP contribution in [0.1, 0.15) is 25.4 Å². The predicted molar refractivity (Wildman–Crippen MR) is 70.7 cm³/mol. The molecule has 0 spiro atoms. The van der Waals surface area contributed by atoms with Gasteiger partial charge >= 0.3 is 0 Å². The fourth-order valence-corrected chi connectivity index (χ4v) is 2.50. The number of nitrogens with zero attached hydrogens (tertiary/aromatic N) is 4. The van der Waals surface area contributed by atoms with Gasteiger partial charge in [-0.05, 0) is 6.92 Å². The van der Waals surface area contributed by atoms with Crippen LogP contribution in [0.15, 0.2) is 16.3 Å². The monoisotopic (exact) mass is 281 g/mol. The molecule has 7 nitrogen and oxygen atoms in total. The summed E-state index contributed by atoms with van der Waals surface area (Å²) in [7, 11) is 0. The van der Waals surface area contributed by atoms with E-state index in [4.69, 9.17) is 0 Å².